The van der Waals surface area contributed by atoms with E-state index in [4.69, 9.17) is 0 Å². The van der Waals surface area contributed by atoms with Gasteiger partial charge in [0, 0.05) is 18.7 Å². The Bertz CT molecular complexity index is 506. The molecule has 1 aliphatic carbocycles. The van der Waals surface area contributed by atoms with Gasteiger partial charge in [-0.1, -0.05) is 24.3 Å². The van der Waals surface area contributed by atoms with Gasteiger partial charge in [-0.25, -0.2) is 0 Å². The quantitative estimate of drug-likeness (QED) is 0.826. The minimum Gasteiger partial charge on any atom is -0.359 e. The van der Waals surface area contributed by atoms with Crippen LogP contribution >= 0.6 is 0 Å². The summed E-state index contributed by atoms with van der Waals surface area (Å²) >= 11 is 0. The summed E-state index contributed by atoms with van der Waals surface area (Å²) in [7, 11) is 1.62. The van der Waals surface area contributed by atoms with Crippen LogP contribution in [0.1, 0.15) is 24.8 Å². The van der Waals surface area contributed by atoms with Crippen molar-refractivity contribution < 1.29 is 9.59 Å². The number of hydrogen-bond donors (Lipinski definition) is 2. The second-order valence-electron chi connectivity index (χ2n) is 5.02. The summed E-state index contributed by atoms with van der Waals surface area (Å²) in [4.78, 5) is 23.3. The molecule has 0 spiro atoms. The monoisotopic (exact) mass is 272 g/mol. The molecule has 2 N–H and O–H groups in total. The van der Waals surface area contributed by atoms with Gasteiger partial charge in [0.1, 0.15) is 0 Å². The number of hydrogen-bond acceptors (Lipinski definition) is 2. The molecule has 106 valence electrons. The fourth-order valence-corrected chi connectivity index (χ4v) is 2.26. The lowest BCUT2D eigenvalue weighted by Crippen LogP contribution is -2.23. The Balaban J connectivity index is 1.91. The Kier molecular flexibility index (Phi) is 4.93. The zero-order chi connectivity index (χ0) is 14.4. The van der Waals surface area contributed by atoms with Crippen LogP contribution < -0.4 is 10.6 Å². The molecule has 4 nitrogen and oxygen atoms in total. The second-order valence-corrected chi connectivity index (χ2v) is 5.02. The third kappa shape index (κ3) is 3.95. The van der Waals surface area contributed by atoms with E-state index in [9.17, 15) is 9.59 Å². The van der Waals surface area contributed by atoms with Gasteiger partial charge >= 0.3 is 0 Å². The minimum atomic E-state index is -0.0178. The topological polar surface area (TPSA) is 58.2 Å². The summed E-state index contributed by atoms with van der Waals surface area (Å²) in [5.74, 6) is 0.134. The van der Waals surface area contributed by atoms with E-state index in [0.29, 0.717) is 6.42 Å². The Hall–Kier alpha value is -2.10. The number of nitrogens with one attached hydrogen (secondary N) is 2. The maximum atomic E-state index is 12.1. The third-order valence-electron chi connectivity index (χ3n) is 3.50. The average Bonchev–Trinajstić information content (AvgIpc) is 2.50. The Morgan fingerprint density at radius 1 is 1.20 bits per heavy atom. The average molecular weight is 272 g/mol. The third-order valence-corrected chi connectivity index (χ3v) is 3.50. The largest absolute Gasteiger partial charge is 0.359 e. The lowest BCUT2D eigenvalue weighted by atomic mass is 9.93. The van der Waals surface area contributed by atoms with E-state index in [1.165, 1.54) is 0 Å². The zero-order valence-electron chi connectivity index (χ0n) is 11.7. The van der Waals surface area contributed by atoms with Crippen LogP contribution in [-0.2, 0) is 16.0 Å². The van der Waals surface area contributed by atoms with Gasteiger partial charge in [0.05, 0.1) is 6.42 Å². The smallest absolute Gasteiger partial charge is 0.227 e. The fourth-order valence-electron chi connectivity index (χ4n) is 2.26. The van der Waals surface area contributed by atoms with E-state index >= 15 is 0 Å². The predicted octanol–water partition coefficient (Wildman–Crippen LogP) is 2.27. The first kappa shape index (κ1) is 14.3. The first-order valence-corrected chi connectivity index (χ1v) is 6.94. The van der Waals surface area contributed by atoms with Gasteiger partial charge in [0.2, 0.25) is 11.8 Å². The van der Waals surface area contributed by atoms with E-state index in [1.807, 2.05) is 24.3 Å². The molecule has 0 unspecified atom stereocenters. The van der Waals surface area contributed by atoms with Crippen molar-refractivity contribution in [3.8, 4) is 0 Å². The zero-order valence-corrected chi connectivity index (χ0v) is 11.7. The lowest BCUT2D eigenvalue weighted by Gasteiger charge is -2.17. The molecule has 0 fully saturated rings. The summed E-state index contributed by atoms with van der Waals surface area (Å²) in [5, 5.41) is 5.52. The van der Waals surface area contributed by atoms with Gasteiger partial charge in [-0.15, -0.1) is 0 Å². The molecule has 1 aliphatic rings. The summed E-state index contributed by atoms with van der Waals surface area (Å²) in [6, 6.07) is 7.42. The van der Waals surface area contributed by atoms with Gasteiger partial charge in [-0.2, -0.15) is 0 Å². The lowest BCUT2D eigenvalue weighted by molar-refractivity contribution is -0.120. The molecule has 0 heterocycles. The number of amides is 2. The molecule has 20 heavy (non-hydrogen) atoms. The maximum Gasteiger partial charge on any atom is 0.227 e. The number of rotatable bonds is 4. The first-order valence-electron chi connectivity index (χ1n) is 6.94. The molecule has 1 aromatic rings. The Morgan fingerprint density at radius 3 is 2.55 bits per heavy atom. The molecule has 0 aromatic heterocycles. The van der Waals surface area contributed by atoms with Gasteiger partial charge in [-0.05, 0) is 37.0 Å². The normalized spacial score (nSPS) is 17.6. The molecule has 2 amide bonds. The summed E-state index contributed by atoms with van der Waals surface area (Å²) in [5.41, 5.74) is 1.72. The first-order chi connectivity index (χ1) is 9.69. The van der Waals surface area contributed by atoms with E-state index in [2.05, 4.69) is 22.8 Å². The molecular formula is C16H20N2O2. The van der Waals surface area contributed by atoms with Crippen molar-refractivity contribution in [2.75, 3.05) is 12.4 Å². The molecule has 0 saturated carbocycles. The van der Waals surface area contributed by atoms with E-state index in [0.717, 1.165) is 30.5 Å². The summed E-state index contributed by atoms with van der Waals surface area (Å²) in [6.07, 6.45) is 7.26. The highest BCUT2D eigenvalue weighted by Crippen LogP contribution is 2.20. The number of carbonyl (C=O) groups is 2. The van der Waals surface area contributed by atoms with Crippen molar-refractivity contribution in [1.29, 1.82) is 0 Å². The number of anilines is 1. The number of likely N-dealkylation sites (N-methyl/N-ethyl adjacent to an activating group) is 1. The van der Waals surface area contributed by atoms with Crippen LogP contribution in [0.3, 0.4) is 0 Å². The number of benzene rings is 1. The van der Waals surface area contributed by atoms with Crippen LogP contribution in [0.4, 0.5) is 5.69 Å². The van der Waals surface area contributed by atoms with Gasteiger partial charge in [0.25, 0.3) is 0 Å². The van der Waals surface area contributed by atoms with Crippen LogP contribution in [-0.4, -0.2) is 18.9 Å². The van der Waals surface area contributed by atoms with Crippen LogP contribution in [0, 0.1) is 5.92 Å². The molecular weight excluding hydrogens is 252 g/mol. The van der Waals surface area contributed by atoms with Crippen LogP contribution in [0.2, 0.25) is 0 Å². The van der Waals surface area contributed by atoms with E-state index in [-0.39, 0.29) is 17.7 Å². The second kappa shape index (κ2) is 6.89. The highest BCUT2D eigenvalue weighted by atomic mass is 16.2. The van der Waals surface area contributed by atoms with Gasteiger partial charge < -0.3 is 10.6 Å². The highest BCUT2D eigenvalue weighted by molar-refractivity contribution is 5.92. The van der Waals surface area contributed by atoms with Crippen molar-refractivity contribution in [2.24, 2.45) is 5.92 Å². The number of allylic oxidation sites excluding steroid dienone is 2. The molecule has 0 saturated heterocycles. The Morgan fingerprint density at radius 2 is 1.95 bits per heavy atom. The predicted molar refractivity (Wildman–Crippen MR) is 79.3 cm³/mol. The molecule has 0 aliphatic heterocycles. The molecule has 1 atom stereocenters. The molecule has 0 bridgehead atoms. The van der Waals surface area contributed by atoms with Crippen LogP contribution in [0.15, 0.2) is 36.4 Å². The van der Waals surface area contributed by atoms with Crippen LogP contribution in [0.5, 0.6) is 0 Å². The highest BCUT2D eigenvalue weighted by Gasteiger charge is 2.18. The van der Waals surface area contributed by atoms with Gasteiger partial charge in [-0.3, -0.25) is 9.59 Å². The van der Waals surface area contributed by atoms with E-state index in [1.54, 1.807) is 7.05 Å². The standard InChI is InChI=1S/C16H20N2O2/c1-17-15(19)11-12-7-9-14(10-8-12)18-16(20)13-5-3-2-4-6-13/h2-3,7-10,13H,4-6,11H2,1H3,(H,17,19)(H,18,20)/t13-/m1/s1. The van der Waals surface area contributed by atoms with Crippen LogP contribution in [0.25, 0.3) is 0 Å². The van der Waals surface area contributed by atoms with Crippen molar-refractivity contribution in [3.05, 3.63) is 42.0 Å². The molecule has 4 heteroatoms. The fraction of sp³-hybridized carbons (Fsp3) is 0.375. The molecule has 2 rings (SSSR count). The summed E-state index contributed by atoms with van der Waals surface area (Å²) < 4.78 is 0. The van der Waals surface area contributed by atoms with Crippen molar-refractivity contribution in [1.82, 2.24) is 5.32 Å². The molecule has 1 aromatic carbocycles. The SMILES string of the molecule is CNC(=O)Cc1ccc(NC(=O)[C@@H]2CC=CCC2)cc1. The Labute approximate surface area is 119 Å². The van der Waals surface area contributed by atoms with E-state index < -0.39 is 0 Å². The van der Waals surface area contributed by atoms with Crippen molar-refractivity contribution in [2.45, 2.75) is 25.7 Å². The number of carbonyl (C=O) groups excluding carboxylic acids is 2. The molecule has 0 radical (unpaired) electrons. The van der Waals surface area contributed by atoms with Crippen molar-refractivity contribution in [3.63, 3.8) is 0 Å². The van der Waals surface area contributed by atoms with Crippen molar-refractivity contribution >= 4 is 17.5 Å². The minimum absolute atomic E-state index is 0.0178. The maximum absolute atomic E-state index is 12.1. The van der Waals surface area contributed by atoms with Gasteiger partial charge in [0.15, 0.2) is 0 Å². The summed E-state index contributed by atoms with van der Waals surface area (Å²) in [6.45, 7) is 0.